The molecule has 0 bridgehead atoms. The number of carbonyl (C=O) groups is 2. The summed E-state index contributed by atoms with van der Waals surface area (Å²) in [5.74, 6) is -2.07. The van der Waals surface area contributed by atoms with Gasteiger partial charge >= 0.3 is 11.9 Å². The number of nitrogens with zero attached hydrogens (tertiary/aromatic N) is 1. The zero-order valence-electron chi connectivity index (χ0n) is 13.7. The van der Waals surface area contributed by atoms with E-state index in [0.717, 1.165) is 5.56 Å². The van der Waals surface area contributed by atoms with Gasteiger partial charge < -0.3 is 9.84 Å². The summed E-state index contributed by atoms with van der Waals surface area (Å²) in [6, 6.07) is 6.46. The molecule has 1 N–H and O–H groups in total. The third-order valence-corrected chi connectivity index (χ3v) is 6.22. The Morgan fingerprint density at radius 2 is 1.75 bits per heavy atom. The van der Waals surface area contributed by atoms with Gasteiger partial charge in [-0.1, -0.05) is 17.7 Å². The van der Waals surface area contributed by atoms with Gasteiger partial charge in [-0.2, -0.15) is 4.31 Å². The van der Waals surface area contributed by atoms with E-state index in [2.05, 4.69) is 0 Å². The van der Waals surface area contributed by atoms with Crippen molar-refractivity contribution in [2.24, 2.45) is 5.41 Å². The van der Waals surface area contributed by atoms with Gasteiger partial charge in [-0.15, -0.1) is 0 Å². The number of rotatable bonds is 5. The highest BCUT2D eigenvalue weighted by Crippen LogP contribution is 2.35. The van der Waals surface area contributed by atoms with Crippen molar-refractivity contribution >= 4 is 22.0 Å². The zero-order chi connectivity index (χ0) is 18.0. The lowest BCUT2D eigenvalue weighted by atomic mass is 9.79. The highest BCUT2D eigenvalue weighted by atomic mass is 32.2. The predicted octanol–water partition coefficient (Wildman–Crippen LogP) is 1.41. The molecule has 1 saturated heterocycles. The summed E-state index contributed by atoms with van der Waals surface area (Å²) in [7, 11) is -3.70. The van der Waals surface area contributed by atoms with Crippen LogP contribution in [-0.4, -0.2) is 49.5 Å². The lowest BCUT2D eigenvalue weighted by Crippen LogP contribution is -2.51. The molecular weight excluding hydrogens is 334 g/mol. The maximum absolute atomic E-state index is 12.6. The standard InChI is InChI=1S/C16H21NO6S/c1-3-23-15(20)16(14(18)19)8-10-17(11-9-16)24(21,22)13-6-4-12(2)5-7-13/h4-7H,3,8-11H2,1-2H3,(H,18,19). The first-order valence-corrected chi connectivity index (χ1v) is 9.15. The van der Waals surface area contributed by atoms with Crippen LogP contribution in [-0.2, 0) is 24.3 Å². The average Bonchev–Trinajstić information content (AvgIpc) is 2.55. The fourth-order valence-corrected chi connectivity index (χ4v) is 4.18. The third-order valence-electron chi connectivity index (χ3n) is 4.31. The summed E-state index contributed by atoms with van der Waals surface area (Å²) in [4.78, 5) is 23.8. The van der Waals surface area contributed by atoms with Crippen LogP contribution in [0.15, 0.2) is 29.2 Å². The summed E-state index contributed by atoms with van der Waals surface area (Å²) in [6.07, 6.45) is -0.210. The van der Waals surface area contributed by atoms with E-state index < -0.39 is 27.4 Å². The van der Waals surface area contributed by atoms with Gasteiger partial charge in [0, 0.05) is 13.1 Å². The second-order valence-corrected chi connectivity index (χ2v) is 7.76. The fourth-order valence-electron chi connectivity index (χ4n) is 2.74. The van der Waals surface area contributed by atoms with E-state index in [-0.39, 0.29) is 37.4 Å². The molecule has 1 aromatic carbocycles. The van der Waals surface area contributed by atoms with Gasteiger partial charge in [0.15, 0.2) is 5.41 Å². The van der Waals surface area contributed by atoms with Crippen molar-refractivity contribution in [3.05, 3.63) is 29.8 Å². The van der Waals surface area contributed by atoms with Gasteiger partial charge in [0.1, 0.15) is 0 Å². The number of hydrogen-bond donors (Lipinski definition) is 1. The Morgan fingerprint density at radius 1 is 1.21 bits per heavy atom. The van der Waals surface area contributed by atoms with Crippen molar-refractivity contribution in [1.29, 1.82) is 0 Å². The molecule has 24 heavy (non-hydrogen) atoms. The number of esters is 1. The van der Waals surface area contributed by atoms with Crippen molar-refractivity contribution < 1.29 is 27.9 Å². The van der Waals surface area contributed by atoms with Gasteiger partial charge in [0.2, 0.25) is 10.0 Å². The van der Waals surface area contributed by atoms with E-state index in [1.165, 1.54) is 16.4 Å². The first-order chi connectivity index (χ1) is 11.2. The molecule has 1 aliphatic rings. The molecule has 1 aromatic rings. The summed E-state index contributed by atoms with van der Waals surface area (Å²) in [5.41, 5.74) is -0.727. The van der Waals surface area contributed by atoms with Crippen LogP contribution in [0.1, 0.15) is 25.3 Å². The Bertz CT molecular complexity index is 717. The second kappa shape index (κ2) is 6.90. The van der Waals surface area contributed by atoms with Gasteiger partial charge in [-0.05, 0) is 38.8 Å². The van der Waals surface area contributed by atoms with Gasteiger partial charge in [0.25, 0.3) is 0 Å². The number of piperidine rings is 1. The van der Waals surface area contributed by atoms with Crippen molar-refractivity contribution in [2.45, 2.75) is 31.6 Å². The van der Waals surface area contributed by atoms with Crippen LogP contribution in [0.4, 0.5) is 0 Å². The van der Waals surface area contributed by atoms with Crippen molar-refractivity contribution in [1.82, 2.24) is 4.31 Å². The van der Waals surface area contributed by atoms with Crippen molar-refractivity contribution in [3.8, 4) is 0 Å². The number of carboxylic acid groups (broad SMARTS) is 1. The number of hydrogen-bond acceptors (Lipinski definition) is 5. The van der Waals surface area contributed by atoms with Gasteiger partial charge in [0.05, 0.1) is 11.5 Å². The number of sulfonamides is 1. The minimum atomic E-state index is -3.70. The minimum absolute atomic E-state index is 0.0404. The summed E-state index contributed by atoms with van der Waals surface area (Å²) >= 11 is 0. The maximum Gasteiger partial charge on any atom is 0.323 e. The number of benzene rings is 1. The predicted molar refractivity (Wildman–Crippen MR) is 85.9 cm³/mol. The van der Waals surface area contributed by atoms with Crippen LogP contribution < -0.4 is 0 Å². The second-order valence-electron chi connectivity index (χ2n) is 5.82. The monoisotopic (exact) mass is 355 g/mol. The van der Waals surface area contributed by atoms with Crippen LogP contribution in [0, 0.1) is 12.3 Å². The molecule has 8 heteroatoms. The molecule has 1 heterocycles. The van der Waals surface area contributed by atoms with Crippen LogP contribution in [0.5, 0.6) is 0 Å². The molecule has 2 rings (SSSR count). The van der Waals surface area contributed by atoms with Crippen LogP contribution in [0.25, 0.3) is 0 Å². The van der Waals surface area contributed by atoms with Crippen LogP contribution >= 0.6 is 0 Å². The van der Waals surface area contributed by atoms with Crippen LogP contribution in [0.3, 0.4) is 0 Å². The third kappa shape index (κ3) is 3.29. The van der Waals surface area contributed by atoms with E-state index in [9.17, 15) is 23.1 Å². The normalized spacial score (nSPS) is 18.1. The first kappa shape index (κ1) is 18.4. The highest BCUT2D eigenvalue weighted by molar-refractivity contribution is 7.89. The Labute approximate surface area is 141 Å². The molecule has 1 fully saturated rings. The molecule has 0 aromatic heterocycles. The molecule has 0 spiro atoms. The molecule has 132 valence electrons. The smallest absolute Gasteiger partial charge is 0.323 e. The number of ether oxygens (including phenoxy) is 1. The van der Waals surface area contributed by atoms with E-state index in [1.807, 2.05) is 6.92 Å². The van der Waals surface area contributed by atoms with Crippen molar-refractivity contribution in [2.75, 3.05) is 19.7 Å². The quantitative estimate of drug-likeness (QED) is 0.633. The van der Waals surface area contributed by atoms with Gasteiger partial charge in [-0.3, -0.25) is 9.59 Å². The summed E-state index contributed by atoms with van der Waals surface area (Å²) in [6.45, 7) is 3.46. The fraction of sp³-hybridized carbons (Fsp3) is 0.500. The van der Waals surface area contributed by atoms with Gasteiger partial charge in [-0.25, -0.2) is 8.42 Å². The topological polar surface area (TPSA) is 101 Å². The number of carboxylic acids is 1. The molecule has 0 aliphatic carbocycles. The minimum Gasteiger partial charge on any atom is -0.480 e. The molecule has 1 aliphatic heterocycles. The molecule has 0 unspecified atom stereocenters. The lowest BCUT2D eigenvalue weighted by molar-refractivity contribution is -0.171. The molecule has 0 saturated carbocycles. The van der Waals surface area contributed by atoms with E-state index in [4.69, 9.17) is 4.74 Å². The zero-order valence-corrected chi connectivity index (χ0v) is 14.5. The molecule has 0 amide bonds. The van der Waals surface area contributed by atoms with E-state index >= 15 is 0 Å². The summed E-state index contributed by atoms with van der Waals surface area (Å²) < 4.78 is 31.4. The molecule has 0 atom stereocenters. The molecule has 7 nitrogen and oxygen atoms in total. The highest BCUT2D eigenvalue weighted by Gasteiger charge is 2.51. The van der Waals surface area contributed by atoms with Crippen molar-refractivity contribution in [3.63, 3.8) is 0 Å². The largest absolute Gasteiger partial charge is 0.480 e. The Balaban J connectivity index is 2.20. The Kier molecular flexibility index (Phi) is 5.29. The first-order valence-electron chi connectivity index (χ1n) is 7.71. The average molecular weight is 355 g/mol. The maximum atomic E-state index is 12.6. The van der Waals surface area contributed by atoms with E-state index in [1.54, 1.807) is 19.1 Å². The molecule has 0 radical (unpaired) electrons. The lowest BCUT2D eigenvalue weighted by Gasteiger charge is -2.36. The summed E-state index contributed by atoms with van der Waals surface area (Å²) in [5, 5.41) is 9.45. The Morgan fingerprint density at radius 3 is 2.21 bits per heavy atom. The van der Waals surface area contributed by atoms with E-state index in [0.29, 0.717) is 0 Å². The Hall–Kier alpha value is -1.93. The number of carbonyl (C=O) groups excluding carboxylic acids is 1. The molecular formula is C16H21NO6S. The van der Waals surface area contributed by atoms with Crippen LogP contribution in [0.2, 0.25) is 0 Å². The SMILES string of the molecule is CCOC(=O)C1(C(=O)O)CCN(S(=O)(=O)c2ccc(C)cc2)CC1. The number of aryl methyl sites for hydroxylation is 1. The number of aliphatic carboxylic acids is 1.